The third-order valence-corrected chi connectivity index (χ3v) is 2.60. The van der Waals surface area contributed by atoms with Crippen LogP contribution in [0.2, 0.25) is 0 Å². The Balaban J connectivity index is 2.56. The topological polar surface area (TPSA) is 26.3 Å². The molecular formula is C10H18O2. The van der Waals surface area contributed by atoms with Crippen LogP contribution in [0.25, 0.3) is 0 Å². The van der Waals surface area contributed by atoms with Gasteiger partial charge in [0.05, 0.1) is 5.92 Å². The normalized spacial score (nSPS) is 30.0. The van der Waals surface area contributed by atoms with E-state index >= 15 is 0 Å². The molecule has 1 fully saturated rings. The van der Waals surface area contributed by atoms with Crippen molar-refractivity contribution in [2.45, 2.75) is 40.2 Å². The minimum Gasteiger partial charge on any atom is -0.462 e. The van der Waals surface area contributed by atoms with Gasteiger partial charge in [-0.2, -0.15) is 0 Å². The molecule has 0 amide bonds. The minimum atomic E-state index is 0.00343. The second-order valence-electron chi connectivity index (χ2n) is 4.31. The van der Waals surface area contributed by atoms with Crippen molar-refractivity contribution in [3.05, 3.63) is 0 Å². The molecule has 0 N–H and O–H groups in total. The van der Waals surface area contributed by atoms with Crippen LogP contribution in [0.4, 0.5) is 0 Å². The molecule has 1 aliphatic rings. The number of carbonyl (C=O) groups excluding carboxylic acids is 1. The summed E-state index contributed by atoms with van der Waals surface area (Å²) >= 11 is 0. The number of carbonyl (C=O) groups is 1. The summed E-state index contributed by atoms with van der Waals surface area (Å²) in [5, 5.41) is 0. The average molecular weight is 170 g/mol. The summed E-state index contributed by atoms with van der Waals surface area (Å²) < 4.78 is 5.26. The number of hydrogen-bond acceptors (Lipinski definition) is 2. The Hall–Kier alpha value is -0.530. The van der Waals surface area contributed by atoms with Gasteiger partial charge >= 0.3 is 5.97 Å². The lowest BCUT2D eigenvalue weighted by atomic mass is 9.90. The van der Waals surface area contributed by atoms with E-state index < -0.39 is 0 Å². The van der Waals surface area contributed by atoms with Crippen molar-refractivity contribution in [3.63, 3.8) is 0 Å². The van der Waals surface area contributed by atoms with E-state index in [9.17, 15) is 4.79 Å². The van der Waals surface area contributed by atoms with Gasteiger partial charge in [-0.15, -0.1) is 0 Å². The van der Waals surface area contributed by atoms with Crippen LogP contribution < -0.4 is 0 Å². The van der Waals surface area contributed by atoms with Crippen molar-refractivity contribution >= 4 is 5.97 Å². The highest BCUT2D eigenvalue weighted by atomic mass is 16.6. The molecular weight excluding hydrogens is 152 g/mol. The first-order valence-electron chi connectivity index (χ1n) is 4.73. The SMILES string of the molecule is CC(C)C1CC(C(C)C)C(=O)O1. The van der Waals surface area contributed by atoms with Gasteiger partial charge in [-0.05, 0) is 18.3 Å². The van der Waals surface area contributed by atoms with Crippen LogP contribution in [-0.2, 0) is 9.53 Å². The highest BCUT2D eigenvalue weighted by Crippen LogP contribution is 2.30. The average Bonchev–Trinajstić information content (AvgIpc) is 2.30. The zero-order valence-electron chi connectivity index (χ0n) is 8.33. The number of esters is 1. The van der Waals surface area contributed by atoms with Gasteiger partial charge in [-0.25, -0.2) is 0 Å². The van der Waals surface area contributed by atoms with Crippen molar-refractivity contribution in [2.24, 2.45) is 17.8 Å². The van der Waals surface area contributed by atoms with E-state index in [2.05, 4.69) is 27.7 Å². The Bertz CT molecular complexity index is 173. The van der Waals surface area contributed by atoms with Crippen LogP contribution in [0.5, 0.6) is 0 Å². The molecule has 0 bridgehead atoms. The van der Waals surface area contributed by atoms with Gasteiger partial charge in [0.15, 0.2) is 0 Å². The highest BCUT2D eigenvalue weighted by molar-refractivity contribution is 5.74. The lowest BCUT2D eigenvalue weighted by molar-refractivity contribution is -0.146. The summed E-state index contributed by atoms with van der Waals surface area (Å²) in [7, 11) is 0. The summed E-state index contributed by atoms with van der Waals surface area (Å²) in [5.41, 5.74) is 0. The zero-order valence-corrected chi connectivity index (χ0v) is 8.33. The molecule has 2 heteroatoms. The zero-order chi connectivity index (χ0) is 9.30. The quantitative estimate of drug-likeness (QED) is 0.594. The fourth-order valence-electron chi connectivity index (χ4n) is 1.58. The first kappa shape index (κ1) is 9.56. The van der Waals surface area contributed by atoms with Crippen molar-refractivity contribution in [1.29, 1.82) is 0 Å². The number of rotatable bonds is 2. The summed E-state index contributed by atoms with van der Waals surface area (Å²) in [4.78, 5) is 11.3. The molecule has 0 aromatic heterocycles. The van der Waals surface area contributed by atoms with Crippen LogP contribution in [0, 0.1) is 17.8 Å². The molecule has 0 aromatic rings. The predicted octanol–water partition coefficient (Wildman–Crippen LogP) is 2.23. The molecule has 1 rings (SSSR count). The first-order chi connectivity index (χ1) is 5.52. The largest absolute Gasteiger partial charge is 0.462 e. The van der Waals surface area contributed by atoms with E-state index in [1.54, 1.807) is 0 Å². The Kier molecular flexibility index (Phi) is 2.76. The van der Waals surface area contributed by atoms with E-state index in [0.717, 1.165) is 6.42 Å². The third-order valence-electron chi connectivity index (χ3n) is 2.60. The molecule has 70 valence electrons. The Labute approximate surface area is 74.3 Å². The van der Waals surface area contributed by atoms with Crippen molar-refractivity contribution in [3.8, 4) is 0 Å². The summed E-state index contributed by atoms with van der Waals surface area (Å²) in [6.45, 7) is 8.35. The van der Waals surface area contributed by atoms with Crippen LogP contribution in [0.15, 0.2) is 0 Å². The highest BCUT2D eigenvalue weighted by Gasteiger charge is 2.37. The summed E-state index contributed by atoms with van der Waals surface area (Å²) in [5.74, 6) is 1.01. The van der Waals surface area contributed by atoms with Gasteiger partial charge in [-0.3, -0.25) is 4.79 Å². The predicted molar refractivity (Wildman–Crippen MR) is 47.7 cm³/mol. The standard InChI is InChI=1S/C10H18O2/c1-6(2)8-5-9(7(3)4)12-10(8)11/h6-9H,5H2,1-4H3. The van der Waals surface area contributed by atoms with E-state index in [0.29, 0.717) is 11.8 Å². The fourth-order valence-corrected chi connectivity index (χ4v) is 1.58. The van der Waals surface area contributed by atoms with Gasteiger partial charge in [-0.1, -0.05) is 27.7 Å². The van der Waals surface area contributed by atoms with Crippen LogP contribution in [0.1, 0.15) is 34.1 Å². The molecule has 0 aromatic carbocycles. The van der Waals surface area contributed by atoms with E-state index in [4.69, 9.17) is 4.74 Å². The molecule has 0 spiro atoms. The lowest BCUT2D eigenvalue weighted by Gasteiger charge is -2.12. The molecule has 0 aliphatic carbocycles. The number of hydrogen-bond donors (Lipinski definition) is 0. The molecule has 12 heavy (non-hydrogen) atoms. The van der Waals surface area contributed by atoms with Crippen molar-refractivity contribution in [2.75, 3.05) is 0 Å². The van der Waals surface area contributed by atoms with Crippen molar-refractivity contribution in [1.82, 2.24) is 0 Å². The Morgan fingerprint density at radius 2 is 1.83 bits per heavy atom. The lowest BCUT2D eigenvalue weighted by Crippen LogP contribution is -2.13. The monoisotopic (exact) mass is 170 g/mol. The molecule has 1 saturated heterocycles. The Morgan fingerprint density at radius 1 is 1.25 bits per heavy atom. The van der Waals surface area contributed by atoms with Gasteiger partial charge in [0.2, 0.25) is 0 Å². The third kappa shape index (κ3) is 1.79. The van der Waals surface area contributed by atoms with Gasteiger partial charge in [0.25, 0.3) is 0 Å². The maximum atomic E-state index is 11.3. The summed E-state index contributed by atoms with van der Waals surface area (Å²) in [6.07, 6.45) is 1.07. The van der Waals surface area contributed by atoms with E-state index in [-0.39, 0.29) is 18.0 Å². The smallest absolute Gasteiger partial charge is 0.309 e. The first-order valence-corrected chi connectivity index (χ1v) is 4.73. The molecule has 0 radical (unpaired) electrons. The Morgan fingerprint density at radius 3 is 2.08 bits per heavy atom. The number of ether oxygens (including phenoxy) is 1. The fraction of sp³-hybridized carbons (Fsp3) is 0.900. The van der Waals surface area contributed by atoms with Crippen LogP contribution >= 0.6 is 0 Å². The maximum absolute atomic E-state index is 11.3. The second-order valence-corrected chi connectivity index (χ2v) is 4.31. The van der Waals surface area contributed by atoms with Crippen molar-refractivity contribution < 1.29 is 9.53 Å². The summed E-state index contributed by atoms with van der Waals surface area (Å²) in [6, 6.07) is 0. The maximum Gasteiger partial charge on any atom is 0.309 e. The second kappa shape index (κ2) is 3.46. The molecule has 2 nitrogen and oxygen atoms in total. The molecule has 0 saturated carbocycles. The molecule has 2 atom stereocenters. The van der Waals surface area contributed by atoms with Gasteiger partial charge < -0.3 is 4.74 Å². The molecule has 1 heterocycles. The van der Waals surface area contributed by atoms with Gasteiger partial charge in [0, 0.05) is 0 Å². The molecule has 1 aliphatic heterocycles. The van der Waals surface area contributed by atoms with Crippen LogP contribution in [-0.4, -0.2) is 12.1 Å². The minimum absolute atomic E-state index is 0.00343. The van der Waals surface area contributed by atoms with Gasteiger partial charge in [0.1, 0.15) is 6.10 Å². The molecule has 2 unspecified atom stereocenters. The van der Waals surface area contributed by atoms with Crippen LogP contribution in [0.3, 0.4) is 0 Å². The number of cyclic esters (lactones) is 1. The van der Waals surface area contributed by atoms with E-state index in [1.807, 2.05) is 0 Å². The van der Waals surface area contributed by atoms with E-state index in [1.165, 1.54) is 0 Å².